The lowest BCUT2D eigenvalue weighted by Crippen LogP contribution is -2.51. The normalized spacial score (nSPS) is 17.1. The van der Waals surface area contributed by atoms with E-state index in [0.29, 0.717) is 13.0 Å². The van der Waals surface area contributed by atoms with E-state index in [1.54, 1.807) is 0 Å². The largest absolute Gasteiger partial charge is 0.862 e. The molecule has 0 amide bonds. The van der Waals surface area contributed by atoms with Crippen LogP contribution in [0.1, 0.15) is 148 Å². The molecule has 1 aromatic rings. The molecule has 1 atom stereocenters. The summed E-state index contributed by atoms with van der Waals surface area (Å²) in [5.41, 5.74) is 1.36. The van der Waals surface area contributed by atoms with E-state index in [0.717, 1.165) is 43.5 Å². The summed E-state index contributed by atoms with van der Waals surface area (Å²) >= 11 is 0. The van der Waals surface area contributed by atoms with Crippen LogP contribution in [-0.2, 0) is 6.54 Å². The summed E-state index contributed by atoms with van der Waals surface area (Å²) in [6.07, 6.45) is 25.4. The van der Waals surface area contributed by atoms with Gasteiger partial charge in [-0.05, 0) is 25.2 Å². The number of hydrogen-bond donors (Lipinski definition) is 0. The molecular weight excluding hydrogens is 514 g/mol. The molecule has 0 radical (unpaired) electrons. The Balaban J connectivity index is 0.00000800. The van der Waals surface area contributed by atoms with Crippen molar-refractivity contribution in [2.45, 2.75) is 149 Å². The molecule has 1 aliphatic heterocycles. The number of halogens is 1. The summed E-state index contributed by atoms with van der Waals surface area (Å²) in [5.74, 6) is 1.45. The molecule has 40 heavy (non-hydrogen) atoms. The maximum absolute atomic E-state index is 12.5. The first-order valence-electron chi connectivity index (χ1n) is 16.8. The van der Waals surface area contributed by atoms with E-state index in [2.05, 4.69) is 49.2 Å². The second kappa shape index (κ2) is 24.2. The van der Waals surface area contributed by atoms with Gasteiger partial charge in [0.1, 0.15) is 19.6 Å². The highest BCUT2D eigenvalue weighted by Gasteiger charge is 2.37. The number of hydrogen-bond acceptors (Lipinski definition) is 3. The average molecular weight is 576 g/mol. The lowest BCUT2D eigenvalue weighted by Gasteiger charge is -2.35. The number of rotatable bonds is 25. The summed E-state index contributed by atoms with van der Waals surface area (Å²) in [4.78, 5) is 9.53. The van der Waals surface area contributed by atoms with E-state index < -0.39 is 0 Å². The van der Waals surface area contributed by atoms with E-state index in [9.17, 15) is 5.11 Å². The van der Waals surface area contributed by atoms with Crippen LogP contribution < -0.4 is 5.11 Å². The topological polar surface area (TPSA) is 47.8 Å². The van der Waals surface area contributed by atoms with Gasteiger partial charge in [-0.2, -0.15) is 0 Å². The molecule has 0 aliphatic carbocycles. The molecule has 0 aromatic heterocycles. The first kappa shape index (κ1) is 36.6. The third kappa shape index (κ3) is 16.2. The minimum absolute atomic E-state index is 0. The predicted molar refractivity (Wildman–Crippen MR) is 176 cm³/mol. The van der Waals surface area contributed by atoms with Gasteiger partial charge < -0.3 is 5.11 Å². The van der Waals surface area contributed by atoms with Crippen molar-refractivity contribution in [1.82, 2.24) is 0 Å². The third-order valence-corrected chi connectivity index (χ3v) is 8.51. The van der Waals surface area contributed by atoms with Gasteiger partial charge in [0.05, 0.1) is 13.1 Å². The van der Waals surface area contributed by atoms with Gasteiger partial charge in [-0.25, -0.2) is 4.99 Å². The summed E-state index contributed by atoms with van der Waals surface area (Å²) < 4.78 is 0.899. The van der Waals surface area contributed by atoms with Crippen molar-refractivity contribution in [3.05, 3.63) is 35.9 Å². The summed E-state index contributed by atoms with van der Waals surface area (Å²) in [6, 6.07) is 10.8. The number of amidine groups is 1. The molecule has 1 aromatic carbocycles. The van der Waals surface area contributed by atoms with Crippen molar-refractivity contribution in [2.24, 2.45) is 9.98 Å². The van der Waals surface area contributed by atoms with Crippen LogP contribution in [0.25, 0.3) is 0 Å². The van der Waals surface area contributed by atoms with Gasteiger partial charge >= 0.3 is 0 Å². The summed E-state index contributed by atoms with van der Waals surface area (Å²) in [6.45, 7) is 9.00. The summed E-state index contributed by atoms with van der Waals surface area (Å²) in [7, 11) is 0. The minimum atomic E-state index is 0. The number of unbranched alkanes of at least 4 members (excludes halogenated alkanes) is 16. The maximum atomic E-state index is 12.5. The molecule has 1 aliphatic rings. The van der Waals surface area contributed by atoms with Gasteiger partial charge in [-0.15, -0.1) is 12.4 Å². The fraction of sp³-hybridized carbons (Fsp3) is 0.771. The zero-order chi connectivity index (χ0) is 27.9. The standard InChI is InChI=1S/C35H61N3O.ClH/c1-3-5-7-9-11-13-15-17-22-26-34-36-28-30-38(34,32-33-24-20-19-21-25-33)31-29-37-35(39)27-23-18-16-14-12-10-8-6-4-2;/h19-21,24-25H,3-18,22-23,26-32H2,1-2H3;1H. The zero-order valence-electron chi connectivity index (χ0n) is 26.2. The van der Waals surface area contributed by atoms with Gasteiger partial charge in [-0.3, -0.25) is 9.48 Å². The molecule has 0 saturated heterocycles. The fourth-order valence-electron chi connectivity index (χ4n) is 6.01. The van der Waals surface area contributed by atoms with E-state index in [4.69, 9.17) is 4.99 Å². The Morgan fingerprint density at radius 1 is 0.750 bits per heavy atom. The second-order valence-corrected chi connectivity index (χ2v) is 12.0. The third-order valence-electron chi connectivity index (χ3n) is 8.51. The smallest absolute Gasteiger partial charge is 0.198 e. The van der Waals surface area contributed by atoms with Crippen molar-refractivity contribution >= 4 is 24.1 Å². The van der Waals surface area contributed by atoms with E-state index in [1.807, 2.05) is 0 Å². The van der Waals surface area contributed by atoms with Gasteiger partial charge in [0, 0.05) is 12.0 Å². The highest BCUT2D eigenvalue weighted by Crippen LogP contribution is 2.24. The molecule has 1 heterocycles. The van der Waals surface area contributed by atoms with E-state index >= 15 is 0 Å². The second-order valence-electron chi connectivity index (χ2n) is 12.0. The molecule has 0 N–H and O–H groups in total. The van der Waals surface area contributed by atoms with Gasteiger partial charge in [0.2, 0.25) is 0 Å². The van der Waals surface area contributed by atoms with Gasteiger partial charge in [0.25, 0.3) is 0 Å². The van der Waals surface area contributed by atoms with Crippen molar-refractivity contribution in [2.75, 3.05) is 26.2 Å². The quantitative estimate of drug-likeness (QED) is 0.0495. The summed E-state index contributed by atoms with van der Waals surface area (Å²) in [5, 5.41) is 12.5. The molecule has 1 unspecified atom stereocenters. The van der Waals surface area contributed by atoms with Crippen molar-refractivity contribution < 1.29 is 9.59 Å². The van der Waals surface area contributed by atoms with Gasteiger partial charge in [0.15, 0.2) is 5.84 Å². The lowest BCUT2D eigenvalue weighted by molar-refractivity contribution is -0.848. The number of quaternary nitrogens is 1. The van der Waals surface area contributed by atoms with Crippen LogP contribution in [0.5, 0.6) is 0 Å². The van der Waals surface area contributed by atoms with Crippen LogP contribution in [-0.4, -0.2) is 42.4 Å². The van der Waals surface area contributed by atoms with Crippen LogP contribution in [0.4, 0.5) is 0 Å². The molecule has 0 fully saturated rings. The van der Waals surface area contributed by atoms with E-state index in [-0.39, 0.29) is 18.3 Å². The molecule has 4 nitrogen and oxygen atoms in total. The first-order valence-corrected chi connectivity index (χ1v) is 16.8. The molecule has 0 saturated carbocycles. The van der Waals surface area contributed by atoms with Gasteiger partial charge in [-0.1, -0.05) is 147 Å². The Kier molecular flexibility index (Phi) is 22.2. The monoisotopic (exact) mass is 575 g/mol. The first-order chi connectivity index (χ1) is 19.2. The Hall–Kier alpha value is -1.39. The molecule has 5 heteroatoms. The van der Waals surface area contributed by atoms with Crippen LogP contribution in [0.15, 0.2) is 40.3 Å². The van der Waals surface area contributed by atoms with Crippen LogP contribution in [0.2, 0.25) is 0 Å². The average Bonchev–Trinajstić information content (AvgIpc) is 3.33. The maximum Gasteiger partial charge on any atom is 0.198 e. The van der Waals surface area contributed by atoms with Crippen LogP contribution in [0, 0.1) is 0 Å². The van der Waals surface area contributed by atoms with Crippen LogP contribution >= 0.6 is 12.4 Å². The zero-order valence-corrected chi connectivity index (χ0v) is 27.0. The Labute approximate surface area is 254 Å². The predicted octanol–water partition coefficient (Wildman–Crippen LogP) is 9.44. The molecule has 230 valence electrons. The molecule has 2 rings (SSSR count). The van der Waals surface area contributed by atoms with Crippen molar-refractivity contribution in [3.63, 3.8) is 0 Å². The molecule has 0 bridgehead atoms. The fourth-order valence-corrected chi connectivity index (χ4v) is 6.01. The highest BCUT2D eigenvalue weighted by molar-refractivity contribution is 5.85. The number of nitrogens with zero attached hydrogens (tertiary/aromatic N) is 3. The Morgan fingerprint density at radius 3 is 1.85 bits per heavy atom. The Morgan fingerprint density at radius 2 is 1.27 bits per heavy atom. The van der Waals surface area contributed by atoms with E-state index in [1.165, 1.54) is 121 Å². The number of benzene rings is 1. The van der Waals surface area contributed by atoms with Crippen molar-refractivity contribution in [3.8, 4) is 0 Å². The molecule has 0 spiro atoms. The Bertz CT molecular complexity index is 782. The SMILES string of the molecule is CCCCCCCCCCCC([O-])=NCC[N+]1(Cc2ccccc2)CCN=C1CCCCCCCCCCC.Cl. The number of aliphatic imine (C=N–C) groups is 2. The molecular formula is C35H62ClN3O. The lowest BCUT2D eigenvalue weighted by atomic mass is 10.1. The highest BCUT2D eigenvalue weighted by atomic mass is 35.5. The van der Waals surface area contributed by atoms with Crippen LogP contribution in [0.3, 0.4) is 0 Å². The van der Waals surface area contributed by atoms with Crippen molar-refractivity contribution in [1.29, 1.82) is 0 Å². The minimum Gasteiger partial charge on any atom is -0.862 e.